The molecule has 0 fully saturated rings. The minimum atomic E-state index is 0.616. The molecule has 0 unspecified atom stereocenters. The predicted molar refractivity (Wildman–Crippen MR) is 38.9 cm³/mol. The second-order valence-electron chi connectivity index (χ2n) is 1.55. The van der Waals surface area contributed by atoms with Crippen LogP contribution in [0.2, 0.25) is 5.32 Å². The molecule has 1 heterocycles. The summed E-state index contributed by atoms with van der Waals surface area (Å²) < 4.78 is 1.34. The van der Waals surface area contributed by atoms with Gasteiger partial charge < -0.3 is 0 Å². The van der Waals surface area contributed by atoms with Gasteiger partial charge in [0, 0.05) is 0 Å². The molecular formula is C7H8NSe. The standard InChI is InChI=1S/C7H8NSe/c1-2-9-7-4-3-5-8-6-7/h4-6H,2H2,1H3. The van der Waals surface area contributed by atoms with Crippen LogP contribution in [0.3, 0.4) is 0 Å². The Morgan fingerprint density at radius 1 is 1.78 bits per heavy atom. The number of hydrogen-bond acceptors (Lipinski definition) is 1. The second-order valence-corrected chi connectivity index (χ2v) is 4.36. The van der Waals surface area contributed by atoms with Gasteiger partial charge in [0.05, 0.1) is 0 Å². The topological polar surface area (TPSA) is 12.9 Å². The first-order valence-corrected chi connectivity index (χ1v) is 4.94. The summed E-state index contributed by atoms with van der Waals surface area (Å²) in [4.78, 5) is 3.96. The summed E-state index contributed by atoms with van der Waals surface area (Å²) in [5.74, 6) is 0. The summed E-state index contributed by atoms with van der Waals surface area (Å²) in [6.45, 7) is 2.19. The molecule has 0 amide bonds. The van der Waals surface area contributed by atoms with Gasteiger partial charge in [0.2, 0.25) is 0 Å². The van der Waals surface area contributed by atoms with Crippen LogP contribution in [0.1, 0.15) is 6.92 Å². The van der Waals surface area contributed by atoms with E-state index in [9.17, 15) is 0 Å². The van der Waals surface area contributed by atoms with Gasteiger partial charge in [-0.1, -0.05) is 0 Å². The first kappa shape index (κ1) is 6.78. The van der Waals surface area contributed by atoms with E-state index in [4.69, 9.17) is 0 Å². The molecule has 0 saturated carbocycles. The van der Waals surface area contributed by atoms with E-state index in [-0.39, 0.29) is 0 Å². The van der Waals surface area contributed by atoms with Crippen molar-refractivity contribution in [3.8, 4) is 0 Å². The summed E-state index contributed by atoms with van der Waals surface area (Å²) >= 11 is 0.616. The van der Waals surface area contributed by atoms with Crippen molar-refractivity contribution in [1.29, 1.82) is 0 Å². The van der Waals surface area contributed by atoms with Gasteiger partial charge in [0.1, 0.15) is 0 Å². The zero-order chi connectivity index (χ0) is 6.53. The Morgan fingerprint density at radius 2 is 2.67 bits per heavy atom. The van der Waals surface area contributed by atoms with Crippen LogP contribution in [0.25, 0.3) is 0 Å². The maximum atomic E-state index is 3.96. The van der Waals surface area contributed by atoms with E-state index in [2.05, 4.69) is 18.0 Å². The van der Waals surface area contributed by atoms with Crippen molar-refractivity contribution in [2.75, 3.05) is 0 Å². The van der Waals surface area contributed by atoms with E-state index in [1.54, 1.807) is 6.20 Å². The normalized spacial score (nSPS) is 9.44. The molecule has 0 aliphatic rings. The molecule has 0 atom stereocenters. The molecule has 47 valence electrons. The average Bonchev–Trinajstić information content (AvgIpc) is 1.91. The quantitative estimate of drug-likeness (QED) is 0.616. The van der Waals surface area contributed by atoms with Gasteiger partial charge in [-0.2, -0.15) is 0 Å². The van der Waals surface area contributed by atoms with Gasteiger partial charge in [0.25, 0.3) is 0 Å². The third-order valence-electron chi connectivity index (χ3n) is 0.887. The SMILES string of the molecule is CC[Se]c1c[c]cnc1. The Morgan fingerprint density at radius 3 is 3.22 bits per heavy atom. The van der Waals surface area contributed by atoms with Crippen molar-refractivity contribution in [3.63, 3.8) is 0 Å². The van der Waals surface area contributed by atoms with Crippen molar-refractivity contribution in [2.24, 2.45) is 0 Å². The fraction of sp³-hybridized carbons (Fsp3) is 0.286. The summed E-state index contributed by atoms with van der Waals surface area (Å²) in [6, 6.07) is 4.96. The van der Waals surface area contributed by atoms with E-state index < -0.39 is 0 Å². The minimum absolute atomic E-state index is 0.616. The molecule has 0 aliphatic heterocycles. The van der Waals surface area contributed by atoms with Gasteiger partial charge in [-0.3, -0.25) is 0 Å². The molecule has 2 heteroatoms. The summed E-state index contributed by atoms with van der Waals surface area (Å²) in [7, 11) is 0. The van der Waals surface area contributed by atoms with Crippen molar-refractivity contribution >= 4 is 19.4 Å². The number of hydrogen-bond donors (Lipinski definition) is 0. The zero-order valence-corrected chi connectivity index (χ0v) is 7.01. The van der Waals surface area contributed by atoms with E-state index in [1.807, 2.05) is 12.3 Å². The Hall–Kier alpha value is -0.331. The average molecular weight is 185 g/mol. The molecule has 1 aromatic heterocycles. The van der Waals surface area contributed by atoms with Crippen molar-refractivity contribution in [2.45, 2.75) is 12.2 Å². The monoisotopic (exact) mass is 186 g/mol. The first-order chi connectivity index (χ1) is 4.43. The molecule has 1 aromatic rings. The summed E-state index contributed by atoms with van der Waals surface area (Å²) in [6.07, 6.45) is 3.61. The van der Waals surface area contributed by atoms with Crippen LogP contribution in [0, 0.1) is 6.07 Å². The molecule has 0 aliphatic carbocycles. The molecule has 0 bridgehead atoms. The fourth-order valence-electron chi connectivity index (χ4n) is 0.556. The molecule has 0 spiro atoms. The number of aromatic nitrogens is 1. The van der Waals surface area contributed by atoms with Gasteiger partial charge in [-0.05, 0) is 0 Å². The van der Waals surface area contributed by atoms with Crippen molar-refractivity contribution in [1.82, 2.24) is 4.98 Å². The van der Waals surface area contributed by atoms with Crippen LogP contribution in [-0.4, -0.2) is 19.9 Å². The Bertz CT molecular complexity index is 162. The molecular weight excluding hydrogens is 177 g/mol. The Balaban J connectivity index is 2.61. The Kier molecular flexibility index (Phi) is 2.75. The molecule has 0 N–H and O–H groups in total. The van der Waals surface area contributed by atoms with Crippen LogP contribution in [0.4, 0.5) is 0 Å². The van der Waals surface area contributed by atoms with Gasteiger partial charge in [-0.25, -0.2) is 0 Å². The van der Waals surface area contributed by atoms with Crippen LogP contribution < -0.4 is 4.46 Å². The summed E-state index contributed by atoms with van der Waals surface area (Å²) in [5.41, 5.74) is 0. The van der Waals surface area contributed by atoms with Gasteiger partial charge in [0.15, 0.2) is 0 Å². The zero-order valence-electron chi connectivity index (χ0n) is 5.29. The van der Waals surface area contributed by atoms with E-state index in [0.717, 1.165) is 0 Å². The molecule has 9 heavy (non-hydrogen) atoms. The van der Waals surface area contributed by atoms with Crippen LogP contribution in [0.15, 0.2) is 18.5 Å². The number of pyridine rings is 1. The predicted octanol–water partition coefficient (Wildman–Crippen LogP) is 0.649. The van der Waals surface area contributed by atoms with Crippen LogP contribution >= 0.6 is 0 Å². The van der Waals surface area contributed by atoms with Crippen molar-refractivity contribution in [3.05, 3.63) is 24.5 Å². The van der Waals surface area contributed by atoms with E-state index >= 15 is 0 Å². The van der Waals surface area contributed by atoms with Gasteiger partial charge in [-0.15, -0.1) is 0 Å². The molecule has 0 aromatic carbocycles. The first-order valence-electron chi connectivity index (χ1n) is 2.87. The third-order valence-corrected chi connectivity index (χ3v) is 2.66. The van der Waals surface area contributed by atoms with E-state index in [0.29, 0.717) is 15.0 Å². The Labute approximate surface area is 61.7 Å². The van der Waals surface area contributed by atoms with Crippen LogP contribution in [-0.2, 0) is 0 Å². The molecule has 1 nitrogen and oxygen atoms in total. The fourth-order valence-corrected chi connectivity index (χ4v) is 1.86. The summed E-state index contributed by atoms with van der Waals surface area (Å²) in [5, 5.41) is 1.24. The number of rotatable bonds is 2. The van der Waals surface area contributed by atoms with Gasteiger partial charge >= 0.3 is 61.2 Å². The number of nitrogens with zero attached hydrogens (tertiary/aromatic N) is 1. The second kappa shape index (κ2) is 3.65. The molecule has 0 saturated heterocycles. The van der Waals surface area contributed by atoms with Crippen LogP contribution in [0.5, 0.6) is 0 Å². The maximum absolute atomic E-state index is 3.96. The molecule has 1 rings (SSSR count). The van der Waals surface area contributed by atoms with Crippen molar-refractivity contribution < 1.29 is 0 Å². The third kappa shape index (κ3) is 2.17. The molecule has 1 radical (unpaired) electrons. The van der Waals surface area contributed by atoms with E-state index in [1.165, 1.54) is 9.78 Å².